The zero-order chi connectivity index (χ0) is 20.9. The minimum Gasteiger partial charge on any atom is -0.227 e. The Bertz CT molecular complexity index is 419. The molecule has 158 valence electrons. The van der Waals surface area contributed by atoms with Crippen LogP contribution in [0.5, 0.6) is 0 Å². The molecule has 0 N–H and O–H groups in total. The molecule has 0 rings (SSSR count). The van der Waals surface area contributed by atoms with E-state index in [4.69, 9.17) is 0 Å². The quantitative estimate of drug-likeness (QED) is 0.113. The predicted molar refractivity (Wildman–Crippen MR) is 90.5 cm³/mol. The topological polar surface area (TPSA) is 0 Å². The molecule has 0 nitrogen and oxygen atoms in total. The summed E-state index contributed by atoms with van der Waals surface area (Å²) in [6, 6.07) is 0. The number of halogens is 10. The van der Waals surface area contributed by atoms with Crippen molar-refractivity contribution in [2.24, 2.45) is 0 Å². The standard InChI is InChI=1S/C16H24F9I/c1-3-5-6-7-8-9-10-12(26,4-2)11-13(17,15(20,21)22)14(18,19)16(23,24)25/h3-11H2,1-2H3. The molecule has 0 aliphatic rings. The van der Waals surface area contributed by atoms with Crippen molar-refractivity contribution < 1.29 is 39.5 Å². The molecule has 0 aromatic rings. The second-order valence-corrected chi connectivity index (χ2v) is 8.86. The van der Waals surface area contributed by atoms with E-state index >= 15 is 0 Å². The highest BCUT2D eigenvalue weighted by Crippen LogP contribution is 2.57. The molecule has 2 unspecified atom stereocenters. The lowest BCUT2D eigenvalue weighted by Crippen LogP contribution is -2.64. The van der Waals surface area contributed by atoms with Crippen LogP contribution in [-0.2, 0) is 0 Å². The van der Waals surface area contributed by atoms with Gasteiger partial charge < -0.3 is 0 Å². The number of unbranched alkanes of at least 4 members (excludes halogenated alkanes) is 5. The SMILES string of the molecule is CCCCCCCCC(I)(CC)CC(F)(C(F)(F)F)C(F)(F)C(F)(F)F. The Hall–Kier alpha value is 0.1000. The fourth-order valence-electron chi connectivity index (χ4n) is 2.66. The molecular weight excluding hydrogens is 490 g/mol. The summed E-state index contributed by atoms with van der Waals surface area (Å²) in [5, 5.41) is 0. The van der Waals surface area contributed by atoms with Crippen molar-refractivity contribution in [2.75, 3.05) is 0 Å². The highest BCUT2D eigenvalue weighted by atomic mass is 127. The van der Waals surface area contributed by atoms with Gasteiger partial charge in [0.25, 0.3) is 5.67 Å². The molecule has 0 aromatic heterocycles. The van der Waals surface area contributed by atoms with Gasteiger partial charge in [-0.2, -0.15) is 35.1 Å². The molecule has 0 radical (unpaired) electrons. The molecule has 0 spiro atoms. The van der Waals surface area contributed by atoms with E-state index in [9.17, 15) is 39.5 Å². The molecule has 0 bridgehead atoms. The van der Waals surface area contributed by atoms with Gasteiger partial charge in [-0.1, -0.05) is 75.0 Å². The van der Waals surface area contributed by atoms with Crippen LogP contribution < -0.4 is 0 Å². The van der Waals surface area contributed by atoms with Crippen LogP contribution in [0.15, 0.2) is 0 Å². The van der Waals surface area contributed by atoms with Crippen LogP contribution in [0.4, 0.5) is 39.5 Å². The summed E-state index contributed by atoms with van der Waals surface area (Å²) in [5.74, 6) is -6.52. The van der Waals surface area contributed by atoms with Crippen molar-refractivity contribution in [1.82, 2.24) is 0 Å². The van der Waals surface area contributed by atoms with Crippen molar-refractivity contribution >= 4 is 22.6 Å². The summed E-state index contributed by atoms with van der Waals surface area (Å²) in [7, 11) is 0. The van der Waals surface area contributed by atoms with E-state index in [2.05, 4.69) is 0 Å². The molecule has 0 aliphatic heterocycles. The Morgan fingerprint density at radius 2 is 1.12 bits per heavy atom. The third kappa shape index (κ3) is 6.32. The van der Waals surface area contributed by atoms with Crippen LogP contribution >= 0.6 is 22.6 Å². The minimum absolute atomic E-state index is 0.0636. The van der Waals surface area contributed by atoms with Gasteiger partial charge in [-0.25, -0.2) is 4.39 Å². The number of rotatable bonds is 11. The second-order valence-electron chi connectivity index (χ2n) is 6.57. The van der Waals surface area contributed by atoms with Crippen LogP contribution in [0.2, 0.25) is 0 Å². The third-order valence-corrected chi connectivity index (χ3v) is 6.16. The molecule has 0 fully saturated rings. The predicted octanol–water partition coefficient (Wildman–Crippen LogP) is 8.18. The van der Waals surface area contributed by atoms with Gasteiger partial charge in [0.05, 0.1) is 0 Å². The van der Waals surface area contributed by atoms with Gasteiger partial charge in [-0.3, -0.25) is 0 Å². The average Bonchev–Trinajstić information content (AvgIpc) is 2.48. The maximum Gasteiger partial charge on any atom is 0.457 e. The molecule has 0 aromatic carbocycles. The van der Waals surface area contributed by atoms with Crippen LogP contribution in [0.1, 0.15) is 71.6 Å². The summed E-state index contributed by atoms with van der Waals surface area (Å²) < 4.78 is 116. The van der Waals surface area contributed by atoms with Crippen LogP contribution in [0, 0.1) is 0 Å². The average molecular weight is 514 g/mol. The fourth-order valence-corrected chi connectivity index (χ4v) is 3.57. The smallest absolute Gasteiger partial charge is 0.227 e. The van der Waals surface area contributed by atoms with Crippen molar-refractivity contribution in [2.45, 2.75) is 99.0 Å². The maximum absolute atomic E-state index is 14.3. The van der Waals surface area contributed by atoms with Crippen LogP contribution in [0.3, 0.4) is 0 Å². The third-order valence-electron chi connectivity index (χ3n) is 4.48. The number of alkyl halides is 10. The largest absolute Gasteiger partial charge is 0.457 e. The highest BCUT2D eigenvalue weighted by molar-refractivity contribution is 14.1. The molecule has 2 atom stereocenters. The first-order valence-electron chi connectivity index (χ1n) is 8.47. The summed E-state index contributed by atoms with van der Waals surface area (Å²) >= 11 is 1.40. The van der Waals surface area contributed by atoms with Crippen molar-refractivity contribution in [1.29, 1.82) is 0 Å². The zero-order valence-corrected chi connectivity index (χ0v) is 16.8. The molecule has 0 saturated heterocycles. The van der Waals surface area contributed by atoms with E-state index < -0.39 is 33.8 Å². The summed E-state index contributed by atoms with van der Waals surface area (Å²) in [4.78, 5) is 0. The first-order chi connectivity index (χ1) is 11.6. The van der Waals surface area contributed by atoms with E-state index in [1.54, 1.807) is 0 Å². The van der Waals surface area contributed by atoms with Crippen molar-refractivity contribution in [3.8, 4) is 0 Å². The highest BCUT2D eigenvalue weighted by Gasteiger charge is 2.81. The van der Waals surface area contributed by atoms with Gasteiger partial charge in [0.15, 0.2) is 0 Å². The minimum atomic E-state index is -6.64. The molecule has 0 heterocycles. The fraction of sp³-hybridized carbons (Fsp3) is 1.00. The van der Waals surface area contributed by atoms with E-state index in [-0.39, 0.29) is 12.8 Å². The molecule has 0 aliphatic carbocycles. The van der Waals surface area contributed by atoms with E-state index in [0.717, 1.165) is 25.7 Å². The first-order valence-corrected chi connectivity index (χ1v) is 9.55. The Morgan fingerprint density at radius 3 is 1.50 bits per heavy atom. The van der Waals surface area contributed by atoms with Crippen LogP contribution in [-0.4, -0.2) is 27.4 Å². The Balaban J connectivity index is 5.35. The maximum atomic E-state index is 14.3. The van der Waals surface area contributed by atoms with Gasteiger partial charge in [0, 0.05) is 9.84 Å². The Morgan fingerprint density at radius 1 is 0.654 bits per heavy atom. The Labute approximate surface area is 161 Å². The van der Waals surface area contributed by atoms with Gasteiger partial charge in [0.1, 0.15) is 0 Å². The molecule has 0 amide bonds. The Kier molecular flexibility index (Phi) is 9.57. The molecule has 0 saturated carbocycles. The lowest BCUT2D eigenvalue weighted by Gasteiger charge is -2.40. The van der Waals surface area contributed by atoms with Gasteiger partial charge in [-0.05, 0) is 12.8 Å². The monoisotopic (exact) mass is 514 g/mol. The normalized spacial score (nSPS) is 18.5. The lowest BCUT2D eigenvalue weighted by molar-refractivity contribution is -0.385. The van der Waals surface area contributed by atoms with Crippen molar-refractivity contribution in [3.05, 3.63) is 0 Å². The summed E-state index contributed by atoms with van der Waals surface area (Å²) in [6.45, 7) is 3.35. The summed E-state index contributed by atoms with van der Waals surface area (Å²) in [5.41, 5.74) is -5.67. The molecule has 10 heteroatoms. The summed E-state index contributed by atoms with van der Waals surface area (Å²) in [6.07, 6.45) is -10.6. The number of hydrogen-bond acceptors (Lipinski definition) is 0. The van der Waals surface area contributed by atoms with Gasteiger partial charge >= 0.3 is 18.3 Å². The second kappa shape index (κ2) is 9.54. The van der Waals surface area contributed by atoms with Gasteiger partial charge in [0.2, 0.25) is 0 Å². The van der Waals surface area contributed by atoms with Crippen molar-refractivity contribution in [3.63, 3.8) is 0 Å². The lowest BCUT2D eigenvalue weighted by atomic mass is 9.82. The van der Waals surface area contributed by atoms with E-state index in [1.165, 1.54) is 29.5 Å². The van der Waals surface area contributed by atoms with Crippen LogP contribution in [0.25, 0.3) is 0 Å². The van der Waals surface area contributed by atoms with Gasteiger partial charge in [-0.15, -0.1) is 0 Å². The molecule has 26 heavy (non-hydrogen) atoms. The molecular formula is C16H24F9I. The number of hydrogen-bond donors (Lipinski definition) is 0. The zero-order valence-electron chi connectivity index (χ0n) is 14.6. The van der Waals surface area contributed by atoms with E-state index in [1.807, 2.05) is 6.92 Å². The first kappa shape index (κ1) is 26.1. The van der Waals surface area contributed by atoms with E-state index in [0.29, 0.717) is 12.8 Å².